The molecule has 1 N–H and O–H groups in total. The zero-order valence-electron chi connectivity index (χ0n) is 13.3. The number of fused-ring (bicyclic) bond motifs is 1. The highest BCUT2D eigenvalue weighted by Crippen LogP contribution is 2.30. The molecule has 4 nitrogen and oxygen atoms in total. The highest BCUT2D eigenvalue weighted by molar-refractivity contribution is 5.96. The lowest BCUT2D eigenvalue weighted by molar-refractivity contribution is -0.117. The van der Waals surface area contributed by atoms with E-state index >= 15 is 0 Å². The van der Waals surface area contributed by atoms with E-state index in [1.165, 1.54) is 6.07 Å². The molecule has 0 bridgehead atoms. The predicted molar refractivity (Wildman–Crippen MR) is 94.0 cm³/mol. The molecule has 3 aromatic rings. The Bertz CT molecular complexity index is 982. The van der Waals surface area contributed by atoms with E-state index in [0.717, 1.165) is 24.0 Å². The SMILES string of the molecule is Cc1ccc(-c2cc(=O)c3cc(NC(=O)C4CC4)ccc3o2)cc1. The zero-order chi connectivity index (χ0) is 16.7. The Kier molecular flexibility index (Phi) is 3.45. The Hall–Kier alpha value is -2.88. The van der Waals surface area contributed by atoms with Crippen LogP contribution in [0.15, 0.2) is 57.7 Å². The van der Waals surface area contributed by atoms with Gasteiger partial charge in [0.15, 0.2) is 5.43 Å². The maximum atomic E-state index is 12.5. The summed E-state index contributed by atoms with van der Waals surface area (Å²) >= 11 is 0. The van der Waals surface area contributed by atoms with E-state index < -0.39 is 0 Å². The number of carbonyl (C=O) groups is 1. The number of rotatable bonds is 3. The lowest BCUT2D eigenvalue weighted by atomic mass is 10.1. The molecular weight excluding hydrogens is 302 g/mol. The molecule has 24 heavy (non-hydrogen) atoms. The second-order valence-corrected chi connectivity index (χ2v) is 6.32. The third-order valence-electron chi connectivity index (χ3n) is 4.28. The molecule has 4 rings (SSSR count). The van der Waals surface area contributed by atoms with E-state index in [1.54, 1.807) is 18.2 Å². The summed E-state index contributed by atoms with van der Waals surface area (Å²) in [5.74, 6) is 0.693. The summed E-state index contributed by atoms with van der Waals surface area (Å²) < 4.78 is 5.88. The molecule has 1 aliphatic rings. The van der Waals surface area contributed by atoms with Gasteiger partial charge in [-0.05, 0) is 38.0 Å². The molecule has 0 saturated heterocycles. The van der Waals surface area contributed by atoms with Gasteiger partial charge in [0.2, 0.25) is 5.91 Å². The number of benzene rings is 2. The Morgan fingerprint density at radius 3 is 2.54 bits per heavy atom. The number of anilines is 1. The van der Waals surface area contributed by atoms with Crippen molar-refractivity contribution in [2.45, 2.75) is 19.8 Å². The fourth-order valence-electron chi connectivity index (χ4n) is 2.68. The number of carbonyl (C=O) groups excluding carboxylic acids is 1. The fourth-order valence-corrected chi connectivity index (χ4v) is 2.68. The van der Waals surface area contributed by atoms with Crippen LogP contribution in [-0.2, 0) is 4.79 Å². The normalized spacial score (nSPS) is 13.9. The summed E-state index contributed by atoms with van der Waals surface area (Å²) in [7, 11) is 0. The molecule has 1 aliphatic carbocycles. The molecule has 1 heterocycles. The van der Waals surface area contributed by atoms with Gasteiger partial charge in [-0.2, -0.15) is 0 Å². The van der Waals surface area contributed by atoms with Crippen LogP contribution in [0.1, 0.15) is 18.4 Å². The monoisotopic (exact) mass is 319 g/mol. The first-order valence-electron chi connectivity index (χ1n) is 8.06. The average Bonchev–Trinajstić information content (AvgIpc) is 3.41. The van der Waals surface area contributed by atoms with Gasteiger partial charge in [0.05, 0.1) is 5.39 Å². The Balaban J connectivity index is 1.72. The van der Waals surface area contributed by atoms with Crippen molar-refractivity contribution in [3.63, 3.8) is 0 Å². The van der Waals surface area contributed by atoms with Crippen LogP contribution < -0.4 is 10.7 Å². The van der Waals surface area contributed by atoms with Crippen molar-refractivity contribution in [3.05, 3.63) is 64.3 Å². The maximum Gasteiger partial charge on any atom is 0.227 e. The van der Waals surface area contributed by atoms with Crippen LogP contribution in [-0.4, -0.2) is 5.91 Å². The van der Waals surface area contributed by atoms with Crippen molar-refractivity contribution in [2.75, 3.05) is 5.32 Å². The maximum absolute atomic E-state index is 12.5. The molecule has 4 heteroatoms. The number of hydrogen-bond donors (Lipinski definition) is 1. The molecule has 1 aromatic heterocycles. The number of amides is 1. The largest absolute Gasteiger partial charge is 0.456 e. The molecule has 0 aliphatic heterocycles. The summed E-state index contributed by atoms with van der Waals surface area (Å²) in [6, 6.07) is 14.5. The topological polar surface area (TPSA) is 59.3 Å². The molecule has 120 valence electrons. The van der Waals surface area contributed by atoms with E-state index in [-0.39, 0.29) is 17.3 Å². The van der Waals surface area contributed by atoms with Crippen LogP contribution in [0.3, 0.4) is 0 Å². The smallest absolute Gasteiger partial charge is 0.227 e. The first kappa shape index (κ1) is 14.7. The molecule has 0 spiro atoms. The zero-order valence-corrected chi connectivity index (χ0v) is 13.3. The Morgan fingerprint density at radius 1 is 1.08 bits per heavy atom. The van der Waals surface area contributed by atoms with Crippen molar-refractivity contribution in [1.29, 1.82) is 0 Å². The molecule has 1 amide bonds. The van der Waals surface area contributed by atoms with E-state index in [0.29, 0.717) is 22.4 Å². The fraction of sp³-hybridized carbons (Fsp3) is 0.200. The van der Waals surface area contributed by atoms with E-state index in [4.69, 9.17) is 4.42 Å². The standard InChI is InChI=1S/C20H17NO3/c1-12-2-4-13(5-3-12)19-11-17(22)16-10-15(8-9-18(16)24-19)21-20(23)14-6-7-14/h2-5,8-11,14H,6-7H2,1H3,(H,21,23). The van der Waals surface area contributed by atoms with Crippen LogP contribution >= 0.6 is 0 Å². The summed E-state index contributed by atoms with van der Waals surface area (Å²) in [5, 5.41) is 3.33. The molecule has 1 saturated carbocycles. The van der Waals surface area contributed by atoms with Crippen molar-refractivity contribution < 1.29 is 9.21 Å². The minimum atomic E-state index is -0.116. The van der Waals surface area contributed by atoms with Gasteiger partial charge in [-0.15, -0.1) is 0 Å². The summed E-state index contributed by atoms with van der Waals surface area (Å²) in [6.45, 7) is 2.01. The van der Waals surface area contributed by atoms with Crippen molar-refractivity contribution in [3.8, 4) is 11.3 Å². The van der Waals surface area contributed by atoms with Gasteiger partial charge < -0.3 is 9.73 Å². The first-order chi connectivity index (χ1) is 11.6. The molecule has 0 atom stereocenters. The first-order valence-corrected chi connectivity index (χ1v) is 8.06. The highest BCUT2D eigenvalue weighted by atomic mass is 16.3. The van der Waals surface area contributed by atoms with Gasteiger partial charge in [-0.3, -0.25) is 9.59 Å². The van der Waals surface area contributed by atoms with E-state index in [9.17, 15) is 9.59 Å². The van der Waals surface area contributed by atoms with Crippen molar-refractivity contribution in [1.82, 2.24) is 0 Å². The molecule has 1 fully saturated rings. The lowest BCUT2D eigenvalue weighted by Gasteiger charge is -2.07. The number of hydrogen-bond acceptors (Lipinski definition) is 3. The Morgan fingerprint density at radius 2 is 1.83 bits per heavy atom. The summed E-state index contributed by atoms with van der Waals surface area (Å²) in [4.78, 5) is 24.3. The van der Waals surface area contributed by atoms with Gasteiger partial charge in [-0.1, -0.05) is 29.8 Å². The predicted octanol–water partition coefficient (Wildman–Crippen LogP) is 4.12. The average molecular weight is 319 g/mol. The summed E-state index contributed by atoms with van der Waals surface area (Å²) in [6.07, 6.45) is 1.89. The van der Waals surface area contributed by atoms with Crippen LogP contribution in [0.2, 0.25) is 0 Å². The third-order valence-corrected chi connectivity index (χ3v) is 4.28. The number of aryl methyl sites for hydroxylation is 1. The lowest BCUT2D eigenvalue weighted by Crippen LogP contribution is -2.13. The molecular formula is C20H17NO3. The van der Waals surface area contributed by atoms with Gasteiger partial charge in [0.25, 0.3) is 0 Å². The van der Waals surface area contributed by atoms with Crippen LogP contribution in [0, 0.1) is 12.8 Å². The van der Waals surface area contributed by atoms with E-state index in [2.05, 4.69) is 5.32 Å². The van der Waals surface area contributed by atoms with Crippen LogP contribution in [0.4, 0.5) is 5.69 Å². The van der Waals surface area contributed by atoms with E-state index in [1.807, 2.05) is 31.2 Å². The summed E-state index contributed by atoms with van der Waals surface area (Å²) in [5.41, 5.74) is 3.05. The minimum absolute atomic E-state index is 0.0232. The number of nitrogens with one attached hydrogen (secondary N) is 1. The third kappa shape index (κ3) is 2.83. The van der Waals surface area contributed by atoms with Crippen molar-refractivity contribution >= 4 is 22.6 Å². The molecule has 0 unspecified atom stereocenters. The van der Waals surface area contributed by atoms with Crippen LogP contribution in [0.25, 0.3) is 22.3 Å². The Labute approximate surface area is 139 Å². The van der Waals surface area contributed by atoms with Gasteiger partial charge in [-0.25, -0.2) is 0 Å². The second-order valence-electron chi connectivity index (χ2n) is 6.32. The minimum Gasteiger partial charge on any atom is -0.456 e. The van der Waals surface area contributed by atoms with Gasteiger partial charge >= 0.3 is 0 Å². The van der Waals surface area contributed by atoms with Crippen LogP contribution in [0.5, 0.6) is 0 Å². The second kappa shape index (κ2) is 5.64. The van der Waals surface area contributed by atoms with Crippen molar-refractivity contribution in [2.24, 2.45) is 5.92 Å². The molecule has 2 aromatic carbocycles. The van der Waals surface area contributed by atoms with Gasteiger partial charge in [0, 0.05) is 23.2 Å². The van der Waals surface area contributed by atoms with Gasteiger partial charge in [0.1, 0.15) is 11.3 Å². The molecule has 0 radical (unpaired) electrons. The quantitative estimate of drug-likeness (QED) is 0.790. The highest BCUT2D eigenvalue weighted by Gasteiger charge is 2.29.